The van der Waals surface area contributed by atoms with Gasteiger partial charge in [-0.3, -0.25) is 4.79 Å². The highest BCUT2D eigenvalue weighted by Gasteiger charge is 2.22. The van der Waals surface area contributed by atoms with Crippen LogP contribution in [0.2, 0.25) is 0 Å². The predicted molar refractivity (Wildman–Crippen MR) is 65.7 cm³/mol. The first kappa shape index (κ1) is 12.8. The molecule has 0 aromatic heterocycles. The molecule has 2 heteroatoms. The fourth-order valence-corrected chi connectivity index (χ4v) is 1.98. The summed E-state index contributed by atoms with van der Waals surface area (Å²) in [7, 11) is 0. The summed E-state index contributed by atoms with van der Waals surface area (Å²) >= 11 is 0. The molecule has 0 spiro atoms. The number of carboxylic acids is 1. The van der Waals surface area contributed by atoms with Gasteiger partial charge >= 0.3 is 5.97 Å². The second-order valence-corrected chi connectivity index (χ2v) is 4.81. The Kier molecular flexibility index (Phi) is 4.11. The van der Waals surface area contributed by atoms with Crippen LogP contribution in [0.25, 0.3) is 0 Å². The van der Waals surface area contributed by atoms with Gasteiger partial charge in [0.2, 0.25) is 0 Å². The molecule has 88 valence electrons. The van der Waals surface area contributed by atoms with E-state index in [-0.39, 0.29) is 5.92 Å². The van der Waals surface area contributed by atoms with Crippen LogP contribution < -0.4 is 0 Å². The largest absolute Gasteiger partial charge is 0.481 e. The lowest BCUT2D eigenvalue weighted by molar-refractivity contribution is -0.139. The van der Waals surface area contributed by atoms with Crippen molar-refractivity contribution < 1.29 is 9.90 Å². The zero-order valence-electron chi connectivity index (χ0n) is 10.4. The summed E-state index contributed by atoms with van der Waals surface area (Å²) in [6.07, 6.45) is 0.694. The van der Waals surface area contributed by atoms with Gasteiger partial charge in [0.15, 0.2) is 0 Å². The molecular weight excluding hydrogens is 200 g/mol. The maximum Gasteiger partial charge on any atom is 0.310 e. The van der Waals surface area contributed by atoms with E-state index in [1.165, 1.54) is 0 Å². The van der Waals surface area contributed by atoms with Gasteiger partial charge in [-0.1, -0.05) is 32.0 Å². The molecule has 16 heavy (non-hydrogen) atoms. The van der Waals surface area contributed by atoms with Crippen LogP contribution in [0.5, 0.6) is 0 Å². The Balaban J connectivity index is 3.11. The topological polar surface area (TPSA) is 37.3 Å². The summed E-state index contributed by atoms with van der Waals surface area (Å²) in [5.41, 5.74) is 3.23. The number of carbonyl (C=O) groups is 1. The van der Waals surface area contributed by atoms with E-state index in [0.29, 0.717) is 12.3 Å². The van der Waals surface area contributed by atoms with E-state index in [2.05, 4.69) is 13.8 Å². The third-order valence-corrected chi connectivity index (χ3v) is 3.03. The molecule has 0 aliphatic rings. The number of hydrogen-bond acceptors (Lipinski definition) is 1. The summed E-state index contributed by atoms with van der Waals surface area (Å²) in [6, 6.07) is 5.89. The number of benzene rings is 1. The van der Waals surface area contributed by atoms with Crippen molar-refractivity contribution in [3.63, 3.8) is 0 Å². The Hall–Kier alpha value is -1.31. The van der Waals surface area contributed by atoms with Gasteiger partial charge in [-0.05, 0) is 42.9 Å². The molecule has 0 heterocycles. The second kappa shape index (κ2) is 5.15. The average molecular weight is 220 g/mol. The molecule has 0 aliphatic carbocycles. The van der Waals surface area contributed by atoms with Crippen LogP contribution >= 0.6 is 0 Å². The Labute approximate surface area is 97.3 Å². The van der Waals surface area contributed by atoms with E-state index < -0.39 is 5.97 Å². The van der Waals surface area contributed by atoms with Gasteiger partial charge < -0.3 is 5.11 Å². The van der Waals surface area contributed by atoms with E-state index in [9.17, 15) is 9.90 Å². The zero-order chi connectivity index (χ0) is 12.3. The van der Waals surface area contributed by atoms with Crippen LogP contribution in [-0.4, -0.2) is 11.1 Å². The molecular formula is C14H20O2. The smallest absolute Gasteiger partial charge is 0.310 e. The van der Waals surface area contributed by atoms with Crippen molar-refractivity contribution in [3.05, 3.63) is 34.9 Å². The molecule has 0 fully saturated rings. The molecule has 0 saturated heterocycles. The Morgan fingerprint density at radius 3 is 2.44 bits per heavy atom. The number of rotatable bonds is 4. The van der Waals surface area contributed by atoms with Gasteiger partial charge in [0.1, 0.15) is 0 Å². The van der Waals surface area contributed by atoms with Crippen molar-refractivity contribution in [2.45, 2.75) is 40.0 Å². The summed E-state index contributed by atoms with van der Waals surface area (Å²) in [4.78, 5) is 11.3. The van der Waals surface area contributed by atoms with Gasteiger partial charge in [-0.25, -0.2) is 0 Å². The number of carboxylic acid groups (broad SMARTS) is 1. The lowest BCUT2D eigenvalue weighted by atomic mass is 9.86. The van der Waals surface area contributed by atoms with Crippen LogP contribution in [0.1, 0.15) is 42.9 Å². The fraction of sp³-hybridized carbons (Fsp3) is 0.500. The quantitative estimate of drug-likeness (QED) is 0.843. The van der Waals surface area contributed by atoms with E-state index in [1.807, 2.05) is 32.0 Å². The minimum absolute atomic E-state index is 0.375. The highest BCUT2D eigenvalue weighted by atomic mass is 16.4. The number of hydrogen-bond donors (Lipinski definition) is 1. The summed E-state index contributed by atoms with van der Waals surface area (Å²) in [5.74, 6) is -0.705. The van der Waals surface area contributed by atoms with Crippen LogP contribution in [0.4, 0.5) is 0 Å². The molecule has 1 aromatic rings. The molecule has 1 aromatic carbocycles. The molecule has 0 bridgehead atoms. The van der Waals surface area contributed by atoms with Gasteiger partial charge in [-0.2, -0.15) is 0 Å². The van der Waals surface area contributed by atoms with Crippen molar-refractivity contribution in [1.29, 1.82) is 0 Å². The molecule has 0 saturated carbocycles. The van der Waals surface area contributed by atoms with Crippen molar-refractivity contribution in [1.82, 2.24) is 0 Å². The highest BCUT2D eigenvalue weighted by Crippen LogP contribution is 2.28. The summed E-state index contributed by atoms with van der Waals surface area (Å²) in [6.45, 7) is 8.14. The molecule has 1 unspecified atom stereocenters. The number of aliphatic carboxylic acids is 1. The third kappa shape index (κ3) is 2.84. The second-order valence-electron chi connectivity index (χ2n) is 4.81. The molecule has 0 aliphatic heterocycles. The van der Waals surface area contributed by atoms with Crippen molar-refractivity contribution in [2.75, 3.05) is 0 Å². The van der Waals surface area contributed by atoms with E-state index >= 15 is 0 Å². The normalized spacial score (nSPS) is 12.8. The number of aryl methyl sites for hydroxylation is 1. The minimum Gasteiger partial charge on any atom is -0.481 e. The van der Waals surface area contributed by atoms with Crippen LogP contribution in [0, 0.1) is 19.8 Å². The molecule has 0 radical (unpaired) electrons. The molecule has 2 nitrogen and oxygen atoms in total. The van der Waals surface area contributed by atoms with Gasteiger partial charge in [-0.15, -0.1) is 0 Å². The Bertz CT molecular complexity index is 380. The Morgan fingerprint density at radius 1 is 1.31 bits per heavy atom. The standard InChI is InChI=1S/C14H20O2/c1-9(2)8-13(14(15)16)12-7-5-6-10(3)11(12)4/h5-7,9,13H,8H2,1-4H3,(H,15,16). The first-order valence-corrected chi connectivity index (χ1v) is 5.72. The predicted octanol–water partition coefficient (Wildman–Crippen LogP) is 3.52. The maximum atomic E-state index is 11.3. The van der Waals surface area contributed by atoms with Crippen molar-refractivity contribution in [2.24, 2.45) is 5.92 Å². The lowest BCUT2D eigenvalue weighted by Gasteiger charge is -2.18. The summed E-state index contributed by atoms with van der Waals surface area (Å²) in [5, 5.41) is 9.29. The molecule has 1 N–H and O–H groups in total. The average Bonchev–Trinajstić information content (AvgIpc) is 2.18. The maximum absolute atomic E-state index is 11.3. The van der Waals surface area contributed by atoms with Crippen LogP contribution in [0.15, 0.2) is 18.2 Å². The van der Waals surface area contributed by atoms with Gasteiger partial charge in [0.25, 0.3) is 0 Å². The van der Waals surface area contributed by atoms with Crippen molar-refractivity contribution >= 4 is 5.97 Å². The van der Waals surface area contributed by atoms with E-state index in [4.69, 9.17) is 0 Å². The van der Waals surface area contributed by atoms with Crippen molar-refractivity contribution in [3.8, 4) is 0 Å². The van der Waals surface area contributed by atoms with Crippen LogP contribution in [0.3, 0.4) is 0 Å². The first-order chi connectivity index (χ1) is 7.43. The minimum atomic E-state index is -0.720. The van der Waals surface area contributed by atoms with Gasteiger partial charge in [0.05, 0.1) is 5.92 Å². The fourth-order valence-electron chi connectivity index (χ4n) is 1.98. The Morgan fingerprint density at radius 2 is 1.94 bits per heavy atom. The van der Waals surface area contributed by atoms with E-state index in [0.717, 1.165) is 16.7 Å². The SMILES string of the molecule is Cc1cccc(C(CC(C)C)C(=O)O)c1C. The van der Waals surface area contributed by atoms with Gasteiger partial charge in [0, 0.05) is 0 Å². The first-order valence-electron chi connectivity index (χ1n) is 5.72. The molecule has 1 atom stereocenters. The van der Waals surface area contributed by atoms with E-state index in [1.54, 1.807) is 0 Å². The monoisotopic (exact) mass is 220 g/mol. The lowest BCUT2D eigenvalue weighted by Crippen LogP contribution is -2.15. The summed E-state index contributed by atoms with van der Waals surface area (Å²) < 4.78 is 0. The third-order valence-electron chi connectivity index (χ3n) is 3.03. The van der Waals surface area contributed by atoms with Crippen LogP contribution in [-0.2, 0) is 4.79 Å². The highest BCUT2D eigenvalue weighted by molar-refractivity contribution is 5.76. The molecule has 1 rings (SSSR count). The molecule has 0 amide bonds. The zero-order valence-corrected chi connectivity index (χ0v) is 10.4.